The van der Waals surface area contributed by atoms with Crippen LogP contribution in [0.15, 0.2) is 95.7 Å². The summed E-state index contributed by atoms with van der Waals surface area (Å²) >= 11 is 0. The van der Waals surface area contributed by atoms with Gasteiger partial charge in [0.15, 0.2) is 5.76 Å². The third-order valence-corrected chi connectivity index (χ3v) is 4.15. The minimum Gasteiger partial charge on any atom is -0.463 e. The van der Waals surface area contributed by atoms with Crippen LogP contribution in [-0.2, 0) is 6.54 Å². The zero-order valence-electron chi connectivity index (χ0n) is 15.0. The van der Waals surface area contributed by atoms with Crippen molar-refractivity contribution in [3.8, 4) is 23.0 Å². The highest BCUT2D eigenvalue weighted by atomic mass is 16.5. The molecule has 2 aromatic heterocycles. The van der Waals surface area contributed by atoms with E-state index in [1.807, 2.05) is 54.6 Å². The molecule has 0 atom stereocenters. The highest BCUT2D eigenvalue weighted by molar-refractivity contribution is 5.94. The van der Waals surface area contributed by atoms with Crippen LogP contribution in [0.25, 0.3) is 11.5 Å². The van der Waals surface area contributed by atoms with Crippen molar-refractivity contribution in [2.24, 2.45) is 0 Å². The van der Waals surface area contributed by atoms with E-state index in [1.165, 1.54) is 0 Å². The van der Waals surface area contributed by atoms with E-state index in [4.69, 9.17) is 9.15 Å². The molecule has 28 heavy (non-hydrogen) atoms. The van der Waals surface area contributed by atoms with E-state index in [0.717, 1.165) is 17.0 Å². The Bertz CT molecular complexity index is 1030. The topological polar surface area (TPSA) is 64.4 Å². The fraction of sp³-hybridized carbons (Fsp3) is 0.0435. The lowest BCUT2D eigenvalue weighted by atomic mass is 10.2. The van der Waals surface area contributed by atoms with Crippen molar-refractivity contribution in [2.45, 2.75) is 6.54 Å². The maximum Gasteiger partial charge on any atom is 0.251 e. The van der Waals surface area contributed by atoms with Gasteiger partial charge in [-0.15, -0.1) is 0 Å². The lowest BCUT2D eigenvalue weighted by molar-refractivity contribution is 0.0951. The number of ether oxygens (including phenoxy) is 1. The second kappa shape index (κ2) is 8.22. The van der Waals surface area contributed by atoms with Gasteiger partial charge in [0.1, 0.15) is 17.2 Å². The molecule has 0 radical (unpaired) electrons. The van der Waals surface area contributed by atoms with E-state index < -0.39 is 0 Å². The number of carbonyl (C=O) groups excluding carboxylic acids is 1. The molecule has 138 valence electrons. The number of benzene rings is 2. The van der Waals surface area contributed by atoms with Crippen LogP contribution < -0.4 is 10.1 Å². The molecule has 1 amide bonds. The third kappa shape index (κ3) is 4.27. The summed E-state index contributed by atoms with van der Waals surface area (Å²) in [7, 11) is 0. The zero-order chi connectivity index (χ0) is 19.2. The number of nitrogens with zero attached hydrogens (tertiary/aromatic N) is 1. The number of hydrogen-bond acceptors (Lipinski definition) is 4. The number of pyridine rings is 1. The summed E-state index contributed by atoms with van der Waals surface area (Å²) in [6.45, 7) is 0.395. The molecule has 0 saturated carbocycles. The number of furan rings is 1. The molecule has 0 unspecified atom stereocenters. The highest BCUT2D eigenvalue weighted by Crippen LogP contribution is 2.21. The minimum absolute atomic E-state index is 0.152. The van der Waals surface area contributed by atoms with Gasteiger partial charge in [0.2, 0.25) is 0 Å². The fourth-order valence-electron chi connectivity index (χ4n) is 2.68. The maximum atomic E-state index is 12.4. The van der Waals surface area contributed by atoms with Crippen LogP contribution in [0.3, 0.4) is 0 Å². The molecule has 0 saturated heterocycles. The molecule has 2 heterocycles. The van der Waals surface area contributed by atoms with E-state index >= 15 is 0 Å². The van der Waals surface area contributed by atoms with Crippen LogP contribution in [0.5, 0.6) is 11.5 Å². The Kier molecular flexibility index (Phi) is 5.15. The molecule has 0 aliphatic carbocycles. The zero-order valence-corrected chi connectivity index (χ0v) is 15.0. The predicted molar refractivity (Wildman–Crippen MR) is 106 cm³/mol. The summed E-state index contributed by atoms with van der Waals surface area (Å²) in [6, 6.07) is 24.0. The van der Waals surface area contributed by atoms with Crippen LogP contribution in [-0.4, -0.2) is 10.9 Å². The Morgan fingerprint density at radius 1 is 0.893 bits per heavy atom. The Labute approximate surface area is 162 Å². The first-order valence-electron chi connectivity index (χ1n) is 8.88. The number of amides is 1. The molecule has 4 rings (SSSR count). The quantitative estimate of drug-likeness (QED) is 0.515. The molecule has 0 spiro atoms. The molecule has 0 fully saturated rings. The average molecular weight is 370 g/mol. The summed E-state index contributed by atoms with van der Waals surface area (Å²) in [5.74, 6) is 2.00. The third-order valence-electron chi connectivity index (χ3n) is 4.15. The molecule has 0 bridgehead atoms. The SMILES string of the molecule is O=C(NCc1ccc(-c2ccco2)nc1)c1ccc(Oc2ccccc2)cc1. The number of para-hydroxylation sites is 1. The van der Waals surface area contributed by atoms with Crippen molar-refractivity contribution in [3.05, 3.63) is 102 Å². The standard InChI is InChI=1S/C23H18N2O3/c26-23(18-9-11-20(12-10-18)28-19-5-2-1-3-6-19)25-16-17-8-13-21(24-15-17)22-7-4-14-27-22/h1-15H,16H2,(H,25,26). The van der Waals surface area contributed by atoms with Crippen LogP contribution in [0, 0.1) is 0 Å². The summed E-state index contributed by atoms with van der Waals surface area (Å²) < 4.78 is 11.1. The van der Waals surface area contributed by atoms with Gasteiger partial charge < -0.3 is 14.5 Å². The molecular formula is C23H18N2O3. The van der Waals surface area contributed by atoms with Gasteiger partial charge in [-0.05, 0) is 60.2 Å². The highest BCUT2D eigenvalue weighted by Gasteiger charge is 2.07. The Hall–Kier alpha value is -3.86. The lowest BCUT2D eigenvalue weighted by Crippen LogP contribution is -2.22. The van der Waals surface area contributed by atoms with Crippen LogP contribution in [0.2, 0.25) is 0 Å². The second-order valence-electron chi connectivity index (χ2n) is 6.15. The van der Waals surface area contributed by atoms with Crippen molar-refractivity contribution < 1.29 is 13.9 Å². The van der Waals surface area contributed by atoms with E-state index in [1.54, 1.807) is 36.7 Å². The van der Waals surface area contributed by atoms with Gasteiger partial charge >= 0.3 is 0 Å². The first kappa shape index (κ1) is 17.5. The van der Waals surface area contributed by atoms with Gasteiger partial charge in [0.25, 0.3) is 5.91 Å². The summed E-state index contributed by atoms with van der Waals surface area (Å²) in [4.78, 5) is 16.7. The van der Waals surface area contributed by atoms with Crippen molar-refractivity contribution >= 4 is 5.91 Å². The Morgan fingerprint density at radius 3 is 2.36 bits per heavy atom. The van der Waals surface area contributed by atoms with Crippen LogP contribution in [0.1, 0.15) is 15.9 Å². The van der Waals surface area contributed by atoms with Crippen molar-refractivity contribution in [3.63, 3.8) is 0 Å². The van der Waals surface area contributed by atoms with Crippen molar-refractivity contribution in [2.75, 3.05) is 0 Å². The van der Waals surface area contributed by atoms with Gasteiger partial charge in [0.05, 0.1) is 6.26 Å². The number of carbonyl (C=O) groups is 1. The van der Waals surface area contributed by atoms with E-state index in [0.29, 0.717) is 23.6 Å². The van der Waals surface area contributed by atoms with Crippen LogP contribution >= 0.6 is 0 Å². The molecular weight excluding hydrogens is 352 g/mol. The summed E-state index contributed by atoms with van der Waals surface area (Å²) in [5, 5.41) is 2.90. The van der Waals surface area contributed by atoms with Crippen molar-refractivity contribution in [1.82, 2.24) is 10.3 Å². The molecule has 4 aromatic rings. The number of rotatable bonds is 6. The second-order valence-corrected chi connectivity index (χ2v) is 6.15. The first-order chi connectivity index (χ1) is 13.8. The molecule has 0 aliphatic heterocycles. The Balaban J connectivity index is 1.33. The molecule has 5 nitrogen and oxygen atoms in total. The van der Waals surface area contributed by atoms with E-state index in [-0.39, 0.29) is 5.91 Å². The van der Waals surface area contributed by atoms with Gasteiger partial charge in [-0.3, -0.25) is 9.78 Å². The molecule has 1 N–H and O–H groups in total. The largest absolute Gasteiger partial charge is 0.463 e. The lowest BCUT2D eigenvalue weighted by Gasteiger charge is -2.08. The number of aromatic nitrogens is 1. The molecule has 2 aromatic carbocycles. The Morgan fingerprint density at radius 2 is 1.68 bits per heavy atom. The molecule has 0 aliphatic rings. The monoisotopic (exact) mass is 370 g/mol. The van der Waals surface area contributed by atoms with E-state index in [2.05, 4.69) is 10.3 Å². The van der Waals surface area contributed by atoms with Crippen molar-refractivity contribution in [1.29, 1.82) is 0 Å². The van der Waals surface area contributed by atoms with Gasteiger partial charge in [-0.25, -0.2) is 0 Å². The maximum absolute atomic E-state index is 12.4. The normalized spacial score (nSPS) is 10.4. The molecule has 5 heteroatoms. The van der Waals surface area contributed by atoms with E-state index in [9.17, 15) is 4.79 Å². The van der Waals surface area contributed by atoms with Crippen LogP contribution in [0.4, 0.5) is 0 Å². The van der Waals surface area contributed by atoms with Gasteiger partial charge in [0, 0.05) is 18.3 Å². The summed E-state index contributed by atoms with van der Waals surface area (Å²) in [6.07, 6.45) is 3.34. The smallest absolute Gasteiger partial charge is 0.251 e. The summed E-state index contributed by atoms with van der Waals surface area (Å²) in [5.41, 5.74) is 2.24. The number of nitrogens with one attached hydrogen (secondary N) is 1. The number of hydrogen-bond donors (Lipinski definition) is 1. The predicted octanol–water partition coefficient (Wildman–Crippen LogP) is 5.06. The van der Waals surface area contributed by atoms with Gasteiger partial charge in [-0.1, -0.05) is 24.3 Å². The first-order valence-corrected chi connectivity index (χ1v) is 8.88. The minimum atomic E-state index is -0.152. The fourth-order valence-corrected chi connectivity index (χ4v) is 2.68. The van der Waals surface area contributed by atoms with Gasteiger partial charge in [-0.2, -0.15) is 0 Å². The average Bonchev–Trinajstić information content (AvgIpc) is 3.29.